The Kier molecular flexibility index (Phi) is 4.68. The summed E-state index contributed by atoms with van der Waals surface area (Å²) in [4.78, 5) is 13.6. The van der Waals surface area contributed by atoms with Crippen molar-refractivity contribution in [2.75, 3.05) is 12.9 Å². The van der Waals surface area contributed by atoms with Crippen molar-refractivity contribution < 1.29 is 9.53 Å². The highest BCUT2D eigenvalue weighted by Crippen LogP contribution is 2.35. The molecule has 1 amide bonds. The fraction of sp³-hybridized carbons (Fsp3) is 0.278. The highest BCUT2D eigenvalue weighted by Gasteiger charge is 2.21. The molecule has 0 radical (unpaired) electrons. The summed E-state index contributed by atoms with van der Waals surface area (Å²) in [5, 5.41) is 3.17. The molecule has 0 unspecified atom stereocenters. The molecule has 1 atom stereocenters. The van der Waals surface area contributed by atoms with Gasteiger partial charge in [-0.05, 0) is 35.7 Å². The number of amides is 1. The molecule has 114 valence electrons. The minimum atomic E-state index is 0.0555. The van der Waals surface area contributed by atoms with Crippen LogP contribution in [0.15, 0.2) is 53.4 Å². The number of ether oxygens (including phenoxy) is 1. The van der Waals surface area contributed by atoms with Crippen LogP contribution in [0.1, 0.15) is 23.6 Å². The van der Waals surface area contributed by atoms with E-state index < -0.39 is 0 Å². The normalized spacial score (nSPS) is 16.7. The summed E-state index contributed by atoms with van der Waals surface area (Å²) in [5.41, 5.74) is 2.20. The van der Waals surface area contributed by atoms with Crippen LogP contribution in [0.5, 0.6) is 5.75 Å². The van der Waals surface area contributed by atoms with E-state index in [1.54, 1.807) is 7.11 Å². The van der Waals surface area contributed by atoms with Gasteiger partial charge >= 0.3 is 0 Å². The molecule has 0 bridgehead atoms. The molecule has 0 aliphatic carbocycles. The van der Waals surface area contributed by atoms with Crippen LogP contribution in [0.2, 0.25) is 0 Å². The van der Waals surface area contributed by atoms with Gasteiger partial charge in [0.15, 0.2) is 0 Å². The molecule has 1 heterocycles. The van der Waals surface area contributed by atoms with Crippen LogP contribution in [0, 0.1) is 0 Å². The van der Waals surface area contributed by atoms with Gasteiger partial charge in [0, 0.05) is 10.6 Å². The summed E-state index contributed by atoms with van der Waals surface area (Å²) in [6.45, 7) is 0. The van der Waals surface area contributed by atoms with Crippen molar-refractivity contribution in [1.82, 2.24) is 5.32 Å². The summed E-state index contributed by atoms with van der Waals surface area (Å²) in [6.07, 6.45) is 1.36. The highest BCUT2D eigenvalue weighted by atomic mass is 32.2. The molecule has 4 heteroatoms. The lowest BCUT2D eigenvalue weighted by atomic mass is 10.0. The summed E-state index contributed by atoms with van der Waals surface area (Å²) in [5.74, 6) is 1.88. The minimum Gasteiger partial charge on any atom is -0.497 e. The van der Waals surface area contributed by atoms with Gasteiger partial charge in [-0.25, -0.2) is 0 Å². The van der Waals surface area contributed by atoms with Crippen LogP contribution < -0.4 is 10.1 Å². The Morgan fingerprint density at radius 2 is 2.14 bits per heavy atom. The van der Waals surface area contributed by atoms with Crippen molar-refractivity contribution in [2.24, 2.45) is 0 Å². The van der Waals surface area contributed by atoms with E-state index in [1.807, 2.05) is 48.2 Å². The smallest absolute Gasteiger partial charge is 0.224 e. The first-order chi connectivity index (χ1) is 10.8. The number of hydrogen-bond acceptors (Lipinski definition) is 3. The third-order valence-electron chi connectivity index (χ3n) is 3.79. The summed E-state index contributed by atoms with van der Waals surface area (Å²) >= 11 is 1.86. The van der Waals surface area contributed by atoms with Crippen molar-refractivity contribution >= 4 is 17.7 Å². The fourth-order valence-corrected chi connectivity index (χ4v) is 3.83. The lowest BCUT2D eigenvalue weighted by Gasteiger charge is -2.25. The molecule has 3 rings (SSSR count). The van der Waals surface area contributed by atoms with Gasteiger partial charge in [0.2, 0.25) is 5.91 Å². The largest absolute Gasteiger partial charge is 0.497 e. The number of carbonyl (C=O) groups excluding carboxylic acids is 1. The Balaban J connectivity index is 1.67. The Labute approximate surface area is 135 Å². The molecule has 22 heavy (non-hydrogen) atoms. The van der Waals surface area contributed by atoms with Crippen LogP contribution in [0.3, 0.4) is 0 Å². The average Bonchev–Trinajstić information content (AvgIpc) is 2.55. The van der Waals surface area contributed by atoms with Gasteiger partial charge in [0.05, 0.1) is 19.6 Å². The molecular weight excluding hydrogens is 294 g/mol. The van der Waals surface area contributed by atoms with E-state index >= 15 is 0 Å². The molecule has 2 aromatic rings. The van der Waals surface area contributed by atoms with Crippen molar-refractivity contribution in [3.63, 3.8) is 0 Å². The molecule has 0 spiro atoms. The van der Waals surface area contributed by atoms with Gasteiger partial charge in [-0.2, -0.15) is 0 Å². The zero-order valence-corrected chi connectivity index (χ0v) is 13.4. The predicted octanol–water partition coefficient (Wildman–Crippen LogP) is 3.59. The van der Waals surface area contributed by atoms with Crippen LogP contribution in [-0.4, -0.2) is 18.8 Å². The molecule has 3 nitrogen and oxygen atoms in total. The van der Waals surface area contributed by atoms with Crippen molar-refractivity contribution in [3.05, 3.63) is 59.7 Å². The van der Waals surface area contributed by atoms with E-state index in [9.17, 15) is 4.79 Å². The fourth-order valence-electron chi connectivity index (χ4n) is 2.71. The van der Waals surface area contributed by atoms with Crippen molar-refractivity contribution in [2.45, 2.75) is 23.8 Å². The molecule has 0 aromatic heterocycles. The van der Waals surface area contributed by atoms with E-state index in [4.69, 9.17) is 4.74 Å². The second kappa shape index (κ2) is 6.88. The number of nitrogens with one attached hydrogen (secondary N) is 1. The number of benzene rings is 2. The Morgan fingerprint density at radius 1 is 1.27 bits per heavy atom. The van der Waals surface area contributed by atoms with Crippen LogP contribution in [0.25, 0.3) is 0 Å². The molecule has 1 N–H and O–H groups in total. The zero-order chi connectivity index (χ0) is 15.4. The summed E-state index contributed by atoms with van der Waals surface area (Å²) in [6, 6.07) is 16.1. The van der Waals surface area contributed by atoms with Crippen LogP contribution in [-0.2, 0) is 11.2 Å². The predicted molar refractivity (Wildman–Crippen MR) is 89.4 cm³/mol. The monoisotopic (exact) mass is 313 g/mol. The minimum absolute atomic E-state index is 0.0555. The SMILES string of the molecule is COc1cccc(CC(=O)N[C@@H]2CCSc3ccccc32)c1. The van der Waals surface area contributed by atoms with Crippen LogP contribution in [0.4, 0.5) is 0 Å². The number of carbonyl (C=O) groups is 1. The van der Waals surface area contributed by atoms with Gasteiger partial charge in [0.1, 0.15) is 5.75 Å². The lowest BCUT2D eigenvalue weighted by molar-refractivity contribution is -0.121. The molecule has 2 aromatic carbocycles. The number of thioether (sulfide) groups is 1. The van der Waals surface area contributed by atoms with E-state index in [0.717, 1.165) is 23.5 Å². The molecular formula is C18H19NO2S. The molecule has 0 fully saturated rings. The first-order valence-electron chi connectivity index (χ1n) is 7.40. The summed E-state index contributed by atoms with van der Waals surface area (Å²) in [7, 11) is 1.63. The lowest BCUT2D eigenvalue weighted by Crippen LogP contribution is -2.31. The zero-order valence-electron chi connectivity index (χ0n) is 12.5. The maximum Gasteiger partial charge on any atom is 0.224 e. The molecule has 0 saturated carbocycles. The van der Waals surface area contributed by atoms with E-state index in [1.165, 1.54) is 10.5 Å². The number of hydrogen-bond donors (Lipinski definition) is 1. The van der Waals surface area contributed by atoms with E-state index in [0.29, 0.717) is 6.42 Å². The molecule has 1 aliphatic rings. The maximum absolute atomic E-state index is 12.3. The topological polar surface area (TPSA) is 38.3 Å². The van der Waals surface area contributed by atoms with Gasteiger partial charge in [-0.15, -0.1) is 11.8 Å². The second-order valence-electron chi connectivity index (χ2n) is 5.32. The van der Waals surface area contributed by atoms with Gasteiger partial charge in [-0.3, -0.25) is 4.79 Å². The maximum atomic E-state index is 12.3. The average molecular weight is 313 g/mol. The Morgan fingerprint density at radius 3 is 3.00 bits per heavy atom. The number of fused-ring (bicyclic) bond motifs is 1. The first kappa shape index (κ1) is 15.0. The second-order valence-corrected chi connectivity index (χ2v) is 6.46. The van der Waals surface area contributed by atoms with Crippen LogP contribution >= 0.6 is 11.8 Å². The van der Waals surface area contributed by atoms with Gasteiger partial charge < -0.3 is 10.1 Å². The van der Waals surface area contributed by atoms with Crippen molar-refractivity contribution in [1.29, 1.82) is 0 Å². The number of methoxy groups -OCH3 is 1. The summed E-state index contributed by atoms with van der Waals surface area (Å²) < 4.78 is 5.20. The standard InChI is InChI=1S/C18H19NO2S/c1-21-14-6-4-5-13(11-14)12-18(20)19-16-9-10-22-17-8-3-2-7-15(16)17/h2-8,11,16H,9-10,12H2,1H3,(H,19,20)/t16-/m1/s1. The third kappa shape index (κ3) is 3.45. The molecule has 1 aliphatic heterocycles. The van der Waals surface area contributed by atoms with E-state index in [2.05, 4.69) is 17.4 Å². The third-order valence-corrected chi connectivity index (χ3v) is 4.92. The Bertz CT molecular complexity index is 672. The van der Waals surface area contributed by atoms with Gasteiger partial charge in [-0.1, -0.05) is 30.3 Å². The van der Waals surface area contributed by atoms with E-state index in [-0.39, 0.29) is 11.9 Å². The molecule has 0 saturated heterocycles. The number of rotatable bonds is 4. The first-order valence-corrected chi connectivity index (χ1v) is 8.39. The highest BCUT2D eigenvalue weighted by molar-refractivity contribution is 7.99. The van der Waals surface area contributed by atoms with Gasteiger partial charge in [0.25, 0.3) is 0 Å². The van der Waals surface area contributed by atoms with Crippen molar-refractivity contribution in [3.8, 4) is 5.75 Å². The quantitative estimate of drug-likeness (QED) is 0.937. The Hall–Kier alpha value is -1.94.